The number of alkyl halides is 2. The molecule has 0 bridgehead atoms. The van der Waals surface area contributed by atoms with Crippen molar-refractivity contribution >= 4 is 0 Å². The molecular formula is C7H10F2N2O. The van der Waals surface area contributed by atoms with Gasteiger partial charge in [-0.2, -0.15) is 0 Å². The highest BCUT2D eigenvalue weighted by Crippen LogP contribution is 2.01. The van der Waals surface area contributed by atoms with Crippen molar-refractivity contribution in [2.45, 2.75) is 25.9 Å². The fourth-order valence-electron chi connectivity index (χ4n) is 0.683. The maximum Gasteiger partial charge on any atom is 0.253 e. The van der Waals surface area contributed by atoms with Gasteiger partial charge in [0.15, 0.2) is 0 Å². The Morgan fingerprint density at radius 1 is 1.67 bits per heavy atom. The average Bonchev–Trinajstić information content (AvgIpc) is 2.51. The van der Waals surface area contributed by atoms with Crippen LogP contribution in [0.1, 0.15) is 12.6 Å². The molecule has 0 fully saturated rings. The molecular weight excluding hydrogens is 166 g/mol. The molecule has 0 radical (unpaired) electrons. The van der Waals surface area contributed by atoms with E-state index in [1.807, 2.05) is 0 Å². The lowest BCUT2D eigenvalue weighted by Crippen LogP contribution is -2.32. The van der Waals surface area contributed by atoms with Gasteiger partial charge in [-0.3, -0.25) is 0 Å². The van der Waals surface area contributed by atoms with Crippen LogP contribution in [0.3, 0.4) is 0 Å². The van der Waals surface area contributed by atoms with Crippen molar-refractivity contribution < 1.29 is 13.3 Å². The SMILES string of the molecule is CC(NCc1ccon1)C(F)F. The number of nitrogens with one attached hydrogen (secondary N) is 1. The summed E-state index contributed by atoms with van der Waals surface area (Å²) in [6.45, 7) is 1.73. The van der Waals surface area contributed by atoms with E-state index in [0.29, 0.717) is 12.2 Å². The van der Waals surface area contributed by atoms with Crippen molar-refractivity contribution in [2.24, 2.45) is 0 Å². The molecule has 5 heteroatoms. The Kier molecular flexibility index (Phi) is 3.16. The van der Waals surface area contributed by atoms with E-state index in [2.05, 4.69) is 15.0 Å². The van der Waals surface area contributed by atoms with Gasteiger partial charge < -0.3 is 9.84 Å². The smallest absolute Gasteiger partial charge is 0.253 e. The molecule has 0 saturated heterocycles. The fraction of sp³-hybridized carbons (Fsp3) is 0.571. The van der Waals surface area contributed by atoms with Crippen molar-refractivity contribution in [3.8, 4) is 0 Å². The predicted molar refractivity (Wildman–Crippen MR) is 38.8 cm³/mol. The highest BCUT2D eigenvalue weighted by molar-refractivity contribution is 4.94. The van der Waals surface area contributed by atoms with Gasteiger partial charge in [0, 0.05) is 12.6 Å². The first-order valence-electron chi connectivity index (χ1n) is 3.61. The zero-order valence-corrected chi connectivity index (χ0v) is 6.63. The van der Waals surface area contributed by atoms with E-state index in [1.54, 1.807) is 6.07 Å². The first kappa shape index (κ1) is 9.12. The molecule has 1 rings (SSSR count). The first-order valence-corrected chi connectivity index (χ1v) is 3.61. The summed E-state index contributed by atoms with van der Waals surface area (Å²) in [7, 11) is 0. The average molecular weight is 176 g/mol. The van der Waals surface area contributed by atoms with Crippen LogP contribution in [0.2, 0.25) is 0 Å². The minimum Gasteiger partial charge on any atom is -0.364 e. The maximum absolute atomic E-state index is 12.0. The Bertz CT molecular complexity index is 213. The molecule has 1 aromatic rings. The third-order valence-corrected chi connectivity index (χ3v) is 1.47. The molecule has 3 nitrogen and oxygen atoms in total. The summed E-state index contributed by atoms with van der Waals surface area (Å²) in [5.74, 6) is 0. The van der Waals surface area contributed by atoms with E-state index >= 15 is 0 Å². The third kappa shape index (κ3) is 2.58. The van der Waals surface area contributed by atoms with Gasteiger partial charge in [-0.05, 0) is 6.92 Å². The molecule has 0 aliphatic heterocycles. The van der Waals surface area contributed by atoms with Crippen LogP contribution in [-0.2, 0) is 6.54 Å². The largest absolute Gasteiger partial charge is 0.364 e. The normalized spacial score (nSPS) is 13.7. The summed E-state index contributed by atoms with van der Waals surface area (Å²) in [5, 5.41) is 6.18. The second-order valence-electron chi connectivity index (χ2n) is 2.49. The van der Waals surface area contributed by atoms with Gasteiger partial charge in [0.2, 0.25) is 0 Å². The second-order valence-corrected chi connectivity index (χ2v) is 2.49. The van der Waals surface area contributed by atoms with E-state index in [-0.39, 0.29) is 0 Å². The van der Waals surface area contributed by atoms with E-state index in [4.69, 9.17) is 0 Å². The quantitative estimate of drug-likeness (QED) is 0.753. The van der Waals surface area contributed by atoms with Gasteiger partial charge in [-0.25, -0.2) is 8.78 Å². The van der Waals surface area contributed by atoms with E-state index in [0.717, 1.165) is 0 Å². The van der Waals surface area contributed by atoms with Crippen LogP contribution in [0.4, 0.5) is 8.78 Å². The Morgan fingerprint density at radius 3 is 2.92 bits per heavy atom. The molecule has 0 aromatic carbocycles. The standard InChI is InChI=1S/C7H10F2N2O/c1-5(7(8)9)10-4-6-2-3-12-11-6/h2-3,5,7,10H,4H2,1H3. The van der Waals surface area contributed by atoms with Crippen LogP contribution in [-0.4, -0.2) is 17.6 Å². The van der Waals surface area contributed by atoms with Gasteiger partial charge in [-0.15, -0.1) is 0 Å². The van der Waals surface area contributed by atoms with Crippen molar-refractivity contribution in [1.29, 1.82) is 0 Å². The number of aromatic nitrogens is 1. The zero-order chi connectivity index (χ0) is 8.97. The third-order valence-electron chi connectivity index (χ3n) is 1.47. The summed E-state index contributed by atoms with van der Waals surface area (Å²) in [5.41, 5.74) is 0.627. The summed E-state index contributed by atoms with van der Waals surface area (Å²) >= 11 is 0. The number of hydrogen-bond acceptors (Lipinski definition) is 3. The Morgan fingerprint density at radius 2 is 2.42 bits per heavy atom. The van der Waals surface area contributed by atoms with Gasteiger partial charge in [0.1, 0.15) is 6.26 Å². The van der Waals surface area contributed by atoms with Crippen LogP contribution in [0, 0.1) is 0 Å². The lowest BCUT2D eigenvalue weighted by atomic mass is 10.3. The number of hydrogen-bond donors (Lipinski definition) is 1. The van der Waals surface area contributed by atoms with Crippen LogP contribution >= 0.6 is 0 Å². The summed E-state index contributed by atoms with van der Waals surface area (Å²) in [6.07, 6.45) is -0.943. The topological polar surface area (TPSA) is 38.1 Å². The molecule has 1 aromatic heterocycles. The van der Waals surface area contributed by atoms with Gasteiger partial charge in [0.05, 0.1) is 11.7 Å². The van der Waals surface area contributed by atoms with Gasteiger partial charge in [-0.1, -0.05) is 5.16 Å². The highest BCUT2D eigenvalue weighted by Gasteiger charge is 2.13. The summed E-state index contributed by atoms with van der Waals surface area (Å²) < 4.78 is 28.4. The molecule has 1 N–H and O–H groups in total. The summed E-state index contributed by atoms with van der Waals surface area (Å²) in [6, 6.07) is 0.812. The van der Waals surface area contributed by atoms with Crippen molar-refractivity contribution in [2.75, 3.05) is 0 Å². The van der Waals surface area contributed by atoms with Crippen LogP contribution in [0.5, 0.6) is 0 Å². The zero-order valence-electron chi connectivity index (χ0n) is 6.63. The molecule has 1 atom stereocenters. The summed E-state index contributed by atoms with van der Waals surface area (Å²) in [4.78, 5) is 0. The van der Waals surface area contributed by atoms with Gasteiger partial charge in [0.25, 0.3) is 6.43 Å². The van der Waals surface area contributed by atoms with E-state index in [9.17, 15) is 8.78 Å². The minimum absolute atomic E-state index is 0.308. The minimum atomic E-state index is -2.35. The monoisotopic (exact) mass is 176 g/mol. The lowest BCUT2D eigenvalue weighted by molar-refractivity contribution is 0.105. The fourth-order valence-corrected chi connectivity index (χ4v) is 0.683. The molecule has 68 valence electrons. The molecule has 0 spiro atoms. The van der Waals surface area contributed by atoms with Crippen LogP contribution in [0.15, 0.2) is 16.9 Å². The maximum atomic E-state index is 12.0. The van der Waals surface area contributed by atoms with Crippen molar-refractivity contribution in [3.05, 3.63) is 18.0 Å². The molecule has 1 unspecified atom stereocenters. The first-order chi connectivity index (χ1) is 5.70. The molecule has 12 heavy (non-hydrogen) atoms. The molecule has 0 aliphatic carbocycles. The molecule has 0 saturated carbocycles. The second kappa shape index (κ2) is 4.15. The van der Waals surface area contributed by atoms with E-state index in [1.165, 1.54) is 13.2 Å². The highest BCUT2D eigenvalue weighted by atomic mass is 19.3. The van der Waals surface area contributed by atoms with Gasteiger partial charge >= 0.3 is 0 Å². The Hall–Kier alpha value is -0.970. The number of nitrogens with zero attached hydrogens (tertiary/aromatic N) is 1. The molecule has 1 heterocycles. The Labute approximate surface area is 68.7 Å². The predicted octanol–water partition coefficient (Wildman–Crippen LogP) is 1.42. The van der Waals surface area contributed by atoms with E-state index < -0.39 is 12.5 Å². The number of rotatable bonds is 4. The van der Waals surface area contributed by atoms with Crippen LogP contribution in [0.25, 0.3) is 0 Å². The lowest BCUT2D eigenvalue weighted by Gasteiger charge is -2.10. The molecule has 0 amide bonds. The van der Waals surface area contributed by atoms with Crippen molar-refractivity contribution in [3.63, 3.8) is 0 Å². The Balaban J connectivity index is 2.27. The number of halogens is 2. The molecule has 0 aliphatic rings. The van der Waals surface area contributed by atoms with Crippen molar-refractivity contribution in [1.82, 2.24) is 10.5 Å². The van der Waals surface area contributed by atoms with Crippen LogP contribution < -0.4 is 5.32 Å².